The van der Waals surface area contributed by atoms with Crippen LogP contribution in [0.1, 0.15) is 61.6 Å². The van der Waals surface area contributed by atoms with Crippen LogP contribution in [0, 0.1) is 6.92 Å². The van der Waals surface area contributed by atoms with E-state index < -0.39 is 0 Å². The summed E-state index contributed by atoms with van der Waals surface area (Å²) in [6.07, 6.45) is 9.62. The second-order valence-electron chi connectivity index (χ2n) is 7.35. The standard InChI is InChI=1S/C23H31NO/c1-19-9-7-11-21(15-19)18-25-23-14-8-10-20(16-23)17-24-22-12-5-3-2-4-6-13-22/h7-11,14-16,22,24H,2-6,12-13,17-18H2,1H3. The highest BCUT2D eigenvalue weighted by molar-refractivity contribution is 5.29. The van der Waals surface area contributed by atoms with Crippen molar-refractivity contribution in [1.82, 2.24) is 5.32 Å². The van der Waals surface area contributed by atoms with E-state index in [1.807, 2.05) is 0 Å². The zero-order valence-electron chi connectivity index (χ0n) is 15.5. The van der Waals surface area contributed by atoms with E-state index in [2.05, 4.69) is 60.8 Å². The fraction of sp³-hybridized carbons (Fsp3) is 0.478. The molecule has 25 heavy (non-hydrogen) atoms. The van der Waals surface area contributed by atoms with E-state index in [0.717, 1.165) is 12.3 Å². The van der Waals surface area contributed by atoms with Crippen molar-refractivity contribution in [3.05, 3.63) is 65.2 Å². The van der Waals surface area contributed by atoms with Gasteiger partial charge in [0.05, 0.1) is 0 Å². The average Bonchev–Trinajstić information content (AvgIpc) is 2.60. The Bertz CT molecular complexity index is 644. The van der Waals surface area contributed by atoms with E-state index in [1.54, 1.807) is 0 Å². The molecule has 0 bridgehead atoms. The molecule has 0 unspecified atom stereocenters. The van der Waals surface area contributed by atoms with Crippen LogP contribution in [-0.4, -0.2) is 6.04 Å². The molecule has 2 heteroatoms. The van der Waals surface area contributed by atoms with Crippen molar-refractivity contribution in [2.75, 3.05) is 0 Å². The number of hydrogen-bond acceptors (Lipinski definition) is 2. The zero-order chi connectivity index (χ0) is 17.3. The fourth-order valence-corrected chi connectivity index (χ4v) is 3.64. The monoisotopic (exact) mass is 337 g/mol. The molecule has 0 aliphatic heterocycles. The summed E-state index contributed by atoms with van der Waals surface area (Å²) in [4.78, 5) is 0. The minimum Gasteiger partial charge on any atom is -0.489 e. The van der Waals surface area contributed by atoms with Gasteiger partial charge in [-0.1, -0.05) is 74.1 Å². The number of aryl methyl sites for hydroxylation is 1. The van der Waals surface area contributed by atoms with Gasteiger partial charge in [0.25, 0.3) is 0 Å². The molecule has 2 nitrogen and oxygen atoms in total. The van der Waals surface area contributed by atoms with E-state index in [4.69, 9.17) is 4.74 Å². The smallest absolute Gasteiger partial charge is 0.120 e. The van der Waals surface area contributed by atoms with E-state index in [9.17, 15) is 0 Å². The maximum atomic E-state index is 5.99. The zero-order valence-corrected chi connectivity index (χ0v) is 15.5. The lowest BCUT2D eigenvalue weighted by atomic mass is 9.96. The Morgan fingerprint density at radius 3 is 2.40 bits per heavy atom. The molecule has 0 aromatic heterocycles. The maximum absolute atomic E-state index is 5.99. The third kappa shape index (κ3) is 6.21. The molecule has 1 N–H and O–H groups in total. The van der Waals surface area contributed by atoms with E-state index in [1.165, 1.54) is 61.6 Å². The van der Waals surface area contributed by atoms with Crippen LogP contribution in [0.25, 0.3) is 0 Å². The SMILES string of the molecule is Cc1cccc(COc2cccc(CNC3CCCCCCC3)c2)c1. The van der Waals surface area contributed by atoms with Crippen LogP contribution in [0.3, 0.4) is 0 Å². The van der Waals surface area contributed by atoms with Crippen LogP contribution in [0.4, 0.5) is 0 Å². The molecule has 0 amide bonds. The van der Waals surface area contributed by atoms with Crippen molar-refractivity contribution < 1.29 is 4.74 Å². The Hall–Kier alpha value is -1.80. The number of hydrogen-bond donors (Lipinski definition) is 1. The molecule has 2 aromatic rings. The molecule has 1 fully saturated rings. The van der Waals surface area contributed by atoms with E-state index in [0.29, 0.717) is 12.6 Å². The van der Waals surface area contributed by atoms with Crippen molar-refractivity contribution in [2.45, 2.75) is 71.1 Å². The predicted octanol–water partition coefficient (Wildman–Crippen LogP) is 5.78. The highest BCUT2D eigenvalue weighted by Gasteiger charge is 2.10. The molecule has 0 spiro atoms. The van der Waals surface area contributed by atoms with Gasteiger partial charge in [-0.25, -0.2) is 0 Å². The lowest BCUT2D eigenvalue weighted by Gasteiger charge is -2.21. The molecular formula is C23H31NO. The third-order valence-corrected chi connectivity index (χ3v) is 5.09. The van der Waals surface area contributed by atoms with Gasteiger partial charge in [0, 0.05) is 12.6 Å². The molecule has 0 heterocycles. The van der Waals surface area contributed by atoms with Gasteiger partial charge >= 0.3 is 0 Å². The van der Waals surface area contributed by atoms with Gasteiger partial charge in [-0.2, -0.15) is 0 Å². The van der Waals surface area contributed by atoms with E-state index >= 15 is 0 Å². The Kier molecular flexibility index (Phi) is 6.93. The average molecular weight is 338 g/mol. The second kappa shape index (κ2) is 9.62. The van der Waals surface area contributed by atoms with Crippen LogP contribution in [-0.2, 0) is 13.2 Å². The molecule has 2 aromatic carbocycles. The minimum atomic E-state index is 0.626. The number of rotatable bonds is 6. The summed E-state index contributed by atoms with van der Waals surface area (Å²) in [5.74, 6) is 0.957. The molecule has 1 aliphatic rings. The summed E-state index contributed by atoms with van der Waals surface area (Å²) in [5.41, 5.74) is 3.81. The summed E-state index contributed by atoms with van der Waals surface area (Å²) in [5, 5.41) is 3.76. The Morgan fingerprint density at radius 1 is 0.880 bits per heavy atom. The fourth-order valence-electron chi connectivity index (χ4n) is 3.64. The lowest BCUT2D eigenvalue weighted by Crippen LogP contribution is -2.29. The van der Waals surface area contributed by atoms with Gasteiger partial charge in [0.2, 0.25) is 0 Å². The molecule has 0 atom stereocenters. The van der Waals surface area contributed by atoms with E-state index in [-0.39, 0.29) is 0 Å². The molecule has 0 radical (unpaired) electrons. The summed E-state index contributed by atoms with van der Waals surface area (Å²) in [7, 11) is 0. The van der Waals surface area contributed by atoms with Crippen LogP contribution in [0.5, 0.6) is 5.75 Å². The Balaban J connectivity index is 1.50. The summed E-state index contributed by atoms with van der Waals surface area (Å²) in [6, 6.07) is 17.7. The van der Waals surface area contributed by atoms with Gasteiger partial charge in [0.1, 0.15) is 12.4 Å². The van der Waals surface area contributed by atoms with Gasteiger partial charge in [0.15, 0.2) is 0 Å². The summed E-state index contributed by atoms with van der Waals surface area (Å²) in [6.45, 7) is 3.68. The molecule has 3 rings (SSSR count). The summed E-state index contributed by atoms with van der Waals surface area (Å²) >= 11 is 0. The first-order valence-electron chi connectivity index (χ1n) is 9.80. The molecule has 134 valence electrons. The quantitative estimate of drug-likeness (QED) is 0.722. The third-order valence-electron chi connectivity index (χ3n) is 5.09. The highest BCUT2D eigenvalue weighted by Crippen LogP contribution is 2.19. The first kappa shape index (κ1) is 18.0. The molecule has 1 saturated carbocycles. The highest BCUT2D eigenvalue weighted by atomic mass is 16.5. The largest absolute Gasteiger partial charge is 0.489 e. The Morgan fingerprint density at radius 2 is 1.60 bits per heavy atom. The lowest BCUT2D eigenvalue weighted by molar-refractivity contribution is 0.305. The first-order chi connectivity index (χ1) is 12.3. The molecule has 0 saturated heterocycles. The number of benzene rings is 2. The second-order valence-corrected chi connectivity index (χ2v) is 7.35. The van der Waals surface area contributed by atoms with Gasteiger partial charge in [-0.05, 0) is 43.0 Å². The topological polar surface area (TPSA) is 21.3 Å². The van der Waals surface area contributed by atoms with Gasteiger partial charge in [-0.15, -0.1) is 0 Å². The van der Waals surface area contributed by atoms with Crippen molar-refractivity contribution >= 4 is 0 Å². The normalized spacial score (nSPS) is 16.2. The van der Waals surface area contributed by atoms with Crippen molar-refractivity contribution in [2.24, 2.45) is 0 Å². The van der Waals surface area contributed by atoms with Gasteiger partial charge in [-0.3, -0.25) is 0 Å². The van der Waals surface area contributed by atoms with Crippen LogP contribution < -0.4 is 10.1 Å². The maximum Gasteiger partial charge on any atom is 0.120 e. The van der Waals surface area contributed by atoms with Crippen LogP contribution in [0.15, 0.2) is 48.5 Å². The van der Waals surface area contributed by atoms with Crippen LogP contribution >= 0.6 is 0 Å². The Labute approximate surface area is 152 Å². The predicted molar refractivity (Wildman–Crippen MR) is 105 cm³/mol. The van der Waals surface area contributed by atoms with Crippen molar-refractivity contribution in [1.29, 1.82) is 0 Å². The van der Waals surface area contributed by atoms with Crippen LogP contribution in [0.2, 0.25) is 0 Å². The van der Waals surface area contributed by atoms with Crippen molar-refractivity contribution in [3.8, 4) is 5.75 Å². The first-order valence-corrected chi connectivity index (χ1v) is 9.80. The summed E-state index contributed by atoms with van der Waals surface area (Å²) < 4.78 is 5.99. The number of ether oxygens (including phenoxy) is 1. The molecular weight excluding hydrogens is 306 g/mol. The number of nitrogens with one attached hydrogen (secondary N) is 1. The minimum absolute atomic E-state index is 0.626. The van der Waals surface area contributed by atoms with Gasteiger partial charge < -0.3 is 10.1 Å². The molecule has 1 aliphatic carbocycles. The van der Waals surface area contributed by atoms with Crippen molar-refractivity contribution in [3.63, 3.8) is 0 Å².